The molecule has 0 aliphatic heterocycles. The summed E-state index contributed by atoms with van der Waals surface area (Å²) < 4.78 is 67.0. The van der Waals surface area contributed by atoms with Gasteiger partial charge < -0.3 is 10.5 Å². The van der Waals surface area contributed by atoms with Crippen molar-refractivity contribution in [1.82, 2.24) is 4.98 Å². The topological polar surface area (TPSA) is 65.2 Å². The normalized spacial score (nSPS) is 11.7. The van der Waals surface area contributed by atoms with Gasteiger partial charge in [-0.3, -0.25) is 4.79 Å². The highest BCUT2D eigenvalue weighted by molar-refractivity contribution is 5.75. The van der Waals surface area contributed by atoms with Gasteiger partial charge in [-0.2, -0.15) is 13.2 Å². The van der Waals surface area contributed by atoms with Crippen LogP contribution >= 0.6 is 0 Å². The van der Waals surface area contributed by atoms with E-state index in [-0.39, 0.29) is 6.07 Å². The largest absolute Gasteiger partial charge is 0.469 e. The molecule has 9 heteroatoms. The smallest absolute Gasteiger partial charge is 0.433 e. The number of nitrogens with two attached hydrogens (primary N) is 1. The highest BCUT2D eigenvalue weighted by Gasteiger charge is 2.35. The minimum atomic E-state index is -4.90. The number of hydrogen-bond acceptors (Lipinski definition) is 4. The van der Waals surface area contributed by atoms with Crippen LogP contribution in [0, 0.1) is 0 Å². The molecule has 1 heterocycles. The van der Waals surface area contributed by atoms with E-state index in [4.69, 9.17) is 5.73 Å². The maximum atomic E-state index is 12.7. The van der Waals surface area contributed by atoms with Gasteiger partial charge in [0.1, 0.15) is 11.5 Å². The molecule has 0 radical (unpaired) electrons. The van der Waals surface area contributed by atoms with Crippen LogP contribution < -0.4 is 5.73 Å². The van der Waals surface area contributed by atoms with Crippen molar-refractivity contribution in [2.75, 3.05) is 12.8 Å². The summed E-state index contributed by atoms with van der Waals surface area (Å²) in [6.07, 6.45) is -8.79. The number of halogens is 5. The van der Waals surface area contributed by atoms with E-state index in [0.717, 1.165) is 7.11 Å². The van der Waals surface area contributed by atoms with Crippen molar-refractivity contribution < 1.29 is 31.5 Å². The second-order valence-electron chi connectivity index (χ2n) is 3.51. The third kappa shape index (κ3) is 3.52. The average Bonchev–Trinajstić information content (AvgIpc) is 2.29. The van der Waals surface area contributed by atoms with Crippen molar-refractivity contribution in [3.63, 3.8) is 0 Å². The molecule has 0 atom stereocenters. The van der Waals surface area contributed by atoms with Crippen LogP contribution in [0.4, 0.5) is 27.8 Å². The number of carbonyl (C=O) groups is 1. The standard InChI is InChI=1S/C10H9F5N2O2/c1-19-7(18)3-5-4(8(11)12)2-6(10(13,14)15)17-9(5)16/h2,8H,3H2,1H3,(H2,16,17). The Hall–Kier alpha value is -1.93. The summed E-state index contributed by atoms with van der Waals surface area (Å²) in [5, 5.41) is 0. The van der Waals surface area contributed by atoms with E-state index in [9.17, 15) is 26.7 Å². The second-order valence-corrected chi connectivity index (χ2v) is 3.51. The first kappa shape index (κ1) is 15.1. The average molecular weight is 284 g/mol. The van der Waals surface area contributed by atoms with E-state index >= 15 is 0 Å². The quantitative estimate of drug-likeness (QED) is 0.683. The summed E-state index contributed by atoms with van der Waals surface area (Å²) in [6, 6.07) is 0.180. The molecular weight excluding hydrogens is 275 g/mol. The van der Waals surface area contributed by atoms with Gasteiger partial charge in [-0.05, 0) is 6.07 Å². The predicted octanol–water partition coefficient (Wildman–Crippen LogP) is 2.34. The Balaban J connectivity index is 3.35. The summed E-state index contributed by atoms with van der Waals surface area (Å²) in [6.45, 7) is 0. The fourth-order valence-corrected chi connectivity index (χ4v) is 1.36. The molecule has 0 saturated heterocycles. The number of esters is 1. The van der Waals surface area contributed by atoms with Crippen LogP contribution in [0.1, 0.15) is 23.2 Å². The molecule has 1 aromatic rings. The van der Waals surface area contributed by atoms with Crippen molar-refractivity contribution in [3.8, 4) is 0 Å². The van der Waals surface area contributed by atoms with Crippen molar-refractivity contribution in [1.29, 1.82) is 0 Å². The maximum absolute atomic E-state index is 12.7. The Morgan fingerprint density at radius 1 is 1.47 bits per heavy atom. The highest BCUT2D eigenvalue weighted by atomic mass is 19.4. The van der Waals surface area contributed by atoms with Gasteiger partial charge in [0.25, 0.3) is 6.43 Å². The predicted molar refractivity (Wildman–Crippen MR) is 54.3 cm³/mol. The number of methoxy groups -OCH3 is 1. The number of aromatic nitrogens is 1. The molecule has 1 rings (SSSR count). The Bertz CT molecular complexity index is 488. The molecule has 0 saturated carbocycles. The number of pyridine rings is 1. The van der Waals surface area contributed by atoms with E-state index in [1.165, 1.54) is 0 Å². The van der Waals surface area contributed by atoms with Crippen molar-refractivity contribution in [2.24, 2.45) is 0 Å². The van der Waals surface area contributed by atoms with E-state index in [1.807, 2.05) is 0 Å². The maximum Gasteiger partial charge on any atom is 0.433 e. The van der Waals surface area contributed by atoms with E-state index in [0.29, 0.717) is 0 Å². The van der Waals surface area contributed by atoms with E-state index in [1.54, 1.807) is 0 Å². The minimum absolute atomic E-state index is 0.180. The molecular formula is C10H9F5N2O2. The lowest BCUT2D eigenvalue weighted by molar-refractivity contribution is -0.141. The van der Waals surface area contributed by atoms with Crippen LogP contribution in [0.2, 0.25) is 0 Å². The number of rotatable bonds is 3. The molecule has 106 valence electrons. The first-order valence-electron chi connectivity index (χ1n) is 4.88. The number of hydrogen-bond donors (Lipinski definition) is 1. The molecule has 0 amide bonds. The molecule has 1 aromatic heterocycles. The molecule has 2 N–H and O–H groups in total. The minimum Gasteiger partial charge on any atom is -0.469 e. The SMILES string of the molecule is COC(=O)Cc1c(C(F)F)cc(C(F)(F)F)nc1N. The van der Waals surface area contributed by atoms with Gasteiger partial charge in [-0.1, -0.05) is 0 Å². The van der Waals surface area contributed by atoms with Crippen LogP contribution in [0.3, 0.4) is 0 Å². The molecule has 0 bridgehead atoms. The van der Waals surface area contributed by atoms with Crippen LogP contribution in [0.5, 0.6) is 0 Å². The monoisotopic (exact) mass is 284 g/mol. The number of nitrogen functional groups attached to an aromatic ring is 1. The lowest BCUT2D eigenvalue weighted by Gasteiger charge is -2.14. The first-order valence-corrected chi connectivity index (χ1v) is 4.88. The van der Waals surface area contributed by atoms with Crippen molar-refractivity contribution in [2.45, 2.75) is 19.0 Å². The van der Waals surface area contributed by atoms with Crippen molar-refractivity contribution in [3.05, 3.63) is 22.9 Å². The summed E-state index contributed by atoms with van der Waals surface area (Å²) >= 11 is 0. The number of ether oxygens (including phenoxy) is 1. The Labute approximate surface area is 104 Å². The fourth-order valence-electron chi connectivity index (χ4n) is 1.36. The molecule has 0 spiro atoms. The van der Waals surface area contributed by atoms with E-state index in [2.05, 4.69) is 9.72 Å². The van der Waals surface area contributed by atoms with Gasteiger partial charge in [0.15, 0.2) is 0 Å². The third-order valence-electron chi connectivity index (χ3n) is 2.27. The van der Waals surface area contributed by atoms with Gasteiger partial charge in [-0.25, -0.2) is 13.8 Å². The van der Waals surface area contributed by atoms with Gasteiger partial charge >= 0.3 is 12.1 Å². The summed E-state index contributed by atoms with van der Waals surface area (Å²) in [4.78, 5) is 14.0. The lowest BCUT2D eigenvalue weighted by atomic mass is 10.0. The molecule has 0 fully saturated rings. The molecule has 0 aliphatic carbocycles. The zero-order chi connectivity index (χ0) is 14.8. The van der Waals surface area contributed by atoms with Crippen LogP contribution in [-0.2, 0) is 22.1 Å². The van der Waals surface area contributed by atoms with Crippen LogP contribution in [0.25, 0.3) is 0 Å². The molecule has 19 heavy (non-hydrogen) atoms. The highest BCUT2D eigenvalue weighted by Crippen LogP contribution is 2.34. The molecule has 0 aliphatic rings. The van der Waals surface area contributed by atoms with E-state index < -0.39 is 47.6 Å². The van der Waals surface area contributed by atoms with Crippen LogP contribution in [-0.4, -0.2) is 18.1 Å². The molecule has 0 aromatic carbocycles. The summed E-state index contributed by atoms with van der Waals surface area (Å²) in [5.41, 5.74) is 2.23. The zero-order valence-electron chi connectivity index (χ0n) is 9.59. The van der Waals surface area contributed by atoms with Crippen molar-refractivity contribution >= 4 is 11.8 Å². The first-order chi connectivity index (χ1) is 8.66. The number of carbonyl (C=O) groups excluding carboxylic acids is 1. The Morgan fingerprint density at radius 3 is 2.47 bits per heavy atom. The molecule has 4 nitrogen and oxygen atoms in total. The zero-order valence-corrected chi connectivity index (χ0v) is 9.59. The lowest BCUT2D eigenvalue weighted by Crippen LogP contribution is -2.16. The second kappa shape index (κ2) is 5.37. The number of anilines is 1. The van der Waals surface area contributed by atoms with Gasteiger partial charge in [-0.15, -0.1) is 0 Å². The fraction of sp³-hybridized carbons (Fsp3) is 0.400. The number of alkyl halides is 5. The summed E-state index contributed by atoms with van der Waals surface area (Å²) in [5.74, 6) is -1.68. The summed E-state index contributed by atoms with van der Waals surface area (Å²) in [7, 11) is 1.01. The van der Waals surface area contributed by atoms with Crippen LogP contribution in [0.15, 0.2) is 6.07 Å². The molecule has 0 unspecified atom stereocenters. The van der Waals surface area contributed by atoms with Gasteiger partial charge in [0.2, 0.25) is 0 Å². The number of nitrogens with zero attached hydrogens (tertiary/aromatic N) is 1. The van der Waals surface area contributed by atoms with Gasteiger partial charge in [0.05, 0.1) is 13.5 Å². The Morgan fingerprint density at radius 2 is 2.05 bits per heavy atom. The van der Waals surface area contributed by atoms with Gasteiger partial charge in [0, 0.05) is 11.1 Å². The Kier molecular flexibility index (Phi) is 4.28. The third-order valence-corrected chi connectivity index (χ3v) is 2.27.